The summed E-state index contributed by atoms with van der Waals surface area (Å²) in [6, 6.07) is 5.20. The van der Waals surface area contributed by atoms with E-state index in [4.69, 9.17) is 0 Å². The molecule has 0 aromatic heterocycles. The second kappa shape index (κ2) is 6.10. The highest BCUT2D eigenvalue weighted by atomic mass is 19.1. The van der Waals surface area contributed by atoms with Gasteiger partial charge in [0, 0.05) is 18.0 Å². The van der Waals surface area contributed by atoms with Crippen molar-refractivity contribution >= 4 is 5.78 Å². The summed E-state index contributed by atoms with van der Waals surface area (Å²) in [4.78, 5) is 12.0. The molecule has 0 aliphatic carbocycles. The number of hydrogen-bond acceptors (Lipinski definition) is 2. The fourth-order valence-corrected chi connectivity index (χ4v) is 2.39. The van der Waals surface area contributed by atoms with Gasteiger partial charge in [-0.15, -0.1) is 0 Å². The molecule has 1 saturated heterocycles. The number of rotatable bonds is 4. The lowest BCUT2D eigenvalue weighted by Gasteiger charge is -2.22. The third kappa shape index (κ3) is 3.39. The second-order valence-electron chi connectivity index (χ2n) is 5.07. The number of halogens is 1. The van der Waals surface area contributed by atoms with Crippen LogP contribution in [-0.4, -0.2) is 18.4 Å². The fourth-order valence-electron chi connectivity index (χ4n) is 2.39. The maximum Gasteiger partial charge on any atom is 0.163 e. The van der Waals surface area contributed by atoms with Crippen LogP contribution in [0.5, 0.6) is 0 Å². The summed E-state index contributed by atoms with van der Waals surface area (Å²) >= 11 is 0. The Morgan fingerprint density at radius 3 is 2.94 bits per heavy atom. The summed E-state index contributed by atoms with van der Waals surface area (Å²) in [7, 11) is 0. The van der Waals surface area contributed by atoms with Gasteiger partial charge in [-0.2, -0.15) is 0 Å². The van der Waals surface area contributed by atoms with Crippen molar-refractivity contribution in [2.24, 2.45) is 0 Å². The molecule has 3 heteroatoms. The molecule has 1 atom stereocenters. The predicted octanol–water partition coefficient (Wildman–Crippen LogP) is 3.24. The smallest absolute Gasteiger partial charge is 0.163 e. The lowest BCUT2D eigenvalue weighted by atomic mass is 9.97. The van der Waals surface area contributed by atoms with Crippen LogP contribution >= 0.6 is 0 Å². The van der Waals surface area contributed by atoms with Crippen LogP contribution in [0.15, 0.2) is 18.2 Å². The van der Waals surface area contributed by atoms with Crippen LogP contribution < -0.4 is 5.32 Å². The molecule has 1 aliphatic rings. The molecule has 1 fully saturated rings. The minimum absolute atomic E-state index is 0.0428. The Balaban J connectivity index is 1.88. The van der Waals surface area contributed by atoms with Crippen LogP contribution in [0.1, 0.15) is 48.0 Å². The third-order valence-electron chi connectivity index (χ3n) is 3.63. The van der Waals surface area contributed by atoms with Crippen LogP contribution in [-0.2, 0) is 0 Å². The van der Waals surface area contributed by atoms with E-state index in [-0.39, 0.29) is 11.6 Å². The van der Waals surface area contributed by atoms with E-state index in [2.05, 4.69) is 5.32 Å². The summed E-state index contributed by atoms with van der Waals surface area (Å²) < 4.78 is 13.4. The Morgan fingerprint density at radius 1 is 1.44 bits per heavy atom. The topological polar surface area (TPSA) is 29.1 Å². The van der Waals surface area contributed by atoms with Gasteiger partial charge in [0.25, 0.3) is 0 Å². The Kier molecular flexibility index (Phi) is 4.48. The molecule has 98 valence electrons. The van der Waals surface area contributed by atoms with Crippen LogP contribution in [0.3, 0.4) is 0 Å². The molecule has 0 amide bonds. The van der Waals surface area contributed by atoms with Crippen LogP contribution in [0.4, 0.5) is 4.39 Å². The number of nitrogens with one attached hydrogen (secondary N) is 1. The Labute approximate surface area is 108 Å². The number of ketones is 1. The van der Waals surface area contributed by atoms with Crippen LogP contribution in [0.25, 0.3) is 0 Å². The molecule has 0 spiro atoms. The number of benzene rings is 1. The first-order chi connectivity index (χ1) is 8.66. The zero-order valence-corrected chi connectivity index (χ0v) is 10.8. The quantitative estimate of drug-likeness (QED) is 0.830. The third-order valence-corrected chi connectivity index (χ3v) is 3.63. The Hall–Kier alpha value is -1.22. The normalized spacial score (nSPS) is 19.8. The van der Waals surface area contributed by atoms with Crippen molar-refractivity contribution in [1.29, 1.82) is 0 Å². The average molecular weight is 249 g/mol. The van der Waals surface area contributed by atoms with Crippen molar-refractivity contribution in [2.45, 2.75) is 45.1 Å². The number of carbonyl (C=O) groups is 1. The van der Waals surface area contributed by atoms with Crippen molar-refractivity contribution in [3.63, 3.8) is 0 Å². The molecular formula is C15H20FNO. The first-order valence-electron chi connectivity index (χ1n) is 6.69. The van der Waals surface area contributed by atoms with Gasteiger partial charge in [-0.05, 0) is 44.4 Å². The van der Waals surface area contributed by atoms with Gasteiger partial charge in [-0.25, -0.2) is 4.39 Å². The lowest BCUT2D eigenvalue weighted by Crippen LogP contribution is -2.34. The van der Waals surface area contributed by atoms with Gasteiger partial charge in [-0.1, -0.05) is 18.6 Å². The zero-order valence-electron chi connectivity index (χ0n) is 10.8. The van der Waals surface area contributed by atoms with Gasteiger partial charge in [0.05, 0.1) is 0 Å². The average Bonchev–Trinajstić information content (AvgIpc) is 2.40. The molecule has 2 rings (SSSR count). The van der Waals surface area contributed by atoms with Crippen LogP contribution in [0, 0.1) is 12.7 Å². The summed E-state index contributed by atoms with van der Waals surface area (Å²) in [6.07, 6.45) is 4.97. The molecule has 1 heterocycles. The van der Waals surface area contributed by atoms with Gasteiger partial charge in [0.1, 0.15) is 5.82 Å². The second-order valence-corrected chi connectivity index (χ2v) is 5.07. The SMILES string of the molecule is Cc1ccc(C(=O)CCC2CCCCN2)cc1F. The number of hydrogen-bond donors (Lipinski definition) is 1. The monoisotopic (exact) mass is 249 g/mol. The molecule has 1 aromatic carbocycles. The first-order valence-corrected chi connectivity index (χ1v) is 6.69. The Morgan fingerprint density at radius 2 is 2.28 bits per heavy atom. The van der Waals surface area contributed by atoms with Crippen molar-refractivity contribution < 1.29 is 9.18 Å². The lowest BCUT2D eigenvalue weighted by molar-refractivity contribution is 0.0974. The van der Waals surface area contributed by atoms with Crippen molar-refractivity contribution in [3.05, 3.63) is 35.1 Å². The van der Waals surface area contributed by atoms with Gasteiger partial charge < -0.3 is 5.32 Å². The highest BCUT2D eigenvalue weighted by Crippen LogP contribution is 2.15. The predicted molar refractivity (Wildman–Crippen MR) is 70.3 cm³/mol. The van der Waals surface area contributed by atoms with E-state index in [1.165, 1.54) is 18.9 Å². The van der Waals surface area contributed by atoms with Crippen LogP contribution in [0.2, 0.25) is 0 Å². The summed E-state index contributed by atoms with van der Waals surface area (Å²) in [6.45, 7) is 2.76. The van der Waals surface area contributed by atoms with Crippen molar-refractivity contribution in [3.8, 4) is 0 Å². The molecule has 0 radical (unpaired) electrons. The first kappa shape index (κ1) is 13.2. The summed E-state index contributed by atoms with van der Waals surface area (Å²) in [5, 5.41) is 3.42. The van der Waals surface area contributed by atoms with Gasteiger partial charge in [-0.3, -0.25) is 4.79 Å². The van der Waals surface area contributed by atoms with E-state index in [1.807, 2.05) is 0 Å². The molecule has 2 nitrogen and oxygen atoms in total. The maximum atomic E-state index is 13.4. The van der Waals surface area contributed by atoms with Gasteiger partial charge in [0.15, 0.2) is 5.78 Å². The summed E-state index contributed by atoms with van der Waals surface area (Å²) in [5.41, 5.74) is 1.08. The zero-order chi connectivity index (χ0) is 13.0. The molecule has 18 heavy (non-hydrogen) atoms. The molecule has 1 N–H and O–H groups in total. The number of aryl methyl sites for hydroxylation is 1. The fraction of sp³-hybridized carbons (Fsp3) is 0.533. The number of Topliss-reactive ketones (excluding diaryl/α,β-unsaturated/α-hetero) is 1. The highest BCUT2D eigenvalue weighted by molar-refractivity contribution is 5.96. The van der Waals surface area contributed by atoms with E-state index in [0.29, 0.717) is 23.6 Å². The highest BCUT2D eigenvalue weighted by Gasteiger charge is 2.15. The van der Waals surface area contributed by atoms with Gasteiger partial charge in [0.2, 0.25) is 0 Å². The molecule has 1 aromatic rings. The van der Waals surface area contributed by atoms with E-state index in [1.54, 1.807) is 19.1 Å². The number of carbonyl (C=O) groups excluding carboxylic acids is 1. The molecular weight excluding hydrogens is 229 g/mol. The summed E-state index contributed by atoms with van der Waals surface area (Å²) in [5.74, 6) is -0.252. The van der Waals surface area contributed by atoms with Gasteiger partial charge >= 0.3 is 0 Å². The van der Waals surface area contributed by atoms with Crippen molar-refractivity contribution in [1.82, 2.24) is 5.32 Å². The molecule has 0 saturated carbocycles. The number of piperidine rings is 1. The van der Waals surface area contributed by atoms with E-state index >= 15 is 0 Å². The molecule has 0 bridgehead atoms. The standard InChI is InChI=1S/C15H20FNO/c1-11-5-6-12(10-14(11)16)15(18)8-7-13-4-2-3-9-17-13/h5-6,10,13,17H,2-4,7-9H2,1H3. The van der Waals surface area contributed by atoms with Crippen molar-refractivity contribution in [2.75, 3.05) is 6.54 Å². The van der Waals surface area contributed by atoms with E-state index < -0.39 is 0 Å². The molecule has 1 aliphatic heterocycles. The largest absolute Gasteiger partial charge is 0.314 e. The van der Waals surface area contributed by atoms with E-state index in [0.717, 1.165) is 19.4 Å². The van der Waals surface area contributed by atoms with E-state index in [9.17, 15) is 9.18 Å². The molecule has 1 unspecified atom stereocenters. The minimum Gasteiger partial charge on any atom is -0.314 e. The Bertz CT molecular complexity index is 425. The maximum absolute atomic E-state index is 13.4. The minimum atomic E-state index is -0.295.